The van der Waals surface area contributed by atoms with E-state index in [0.717, 1.165) is 12.1 Å². The van der Waals surface area contributed by atoms with Crippen molar-refractivity contribution in [1.82, 2.24) is 5.32 Å². The van der Waals surface area contributed by atoms with Gasteiger partial charge in [0.1, 0.15) is 5.82 Å². The summed E-state index contributed by atoms with van der Waals surface area (Å²) >= 11 is 0. The standard InChI is InChI=1S/C11H16FN/c1-4-13-11(2,3)9-7-5-6-8-10(9)12/h5-8,13H,4H2,1-3H3. The number of hydrogen-bond acceptors (Lipinski definition) is 1. The zero-order valence-electron chi connectivity index (χ0n) is 8.39. The van der Waals surface area contributed by atoms with Gasteiger partial charge in [0.25, 0.3) is 0 Å². The van der Waals surface area contributed by atoms with Crippen molar-refractivity contribution < 1.29 is 4.39 Å². The first-order valence-electron chi connectivity index (χ1n) is 4.58. The zero-order chi connectivity index (χ0) is 9.90. The molecule has 0 saturated carbocycles. The second kappa shape index (κ2) is 3.88. The number of halogens is 1. The maximum Gasteiger partial charge on any atom is 0.128 e. The quantitative estimate of drug-likeness (QED) is 0.756. The molecular formula is C11H16FN. The van der Waals surface area contributed by atoms with Crippen molar-refractivity contribution in [2.75, 3.05) is 6.54 Å². The SMILES string of the molecule is CCNC(C)(C)c1ccccc1F. The van der Waals surface area contributed by atoms with Crippen LogP contribution in [0.4, 0.5) is 4.39 Å². The normalized spacial score (nSPS) is 11.7. The van der Waals surface area contributed by atoms with Gasteiger partial charge in [-0.3, -0.25) is 0 Å². The lowest BCUT2D eigenvalue weighted by atomic mass is 9.94. The van der Waals surface area contributed by atoms with Crippen LogP contribution in [0.3, 0.4) is 0 Å². The molecule has 0 aliphatic heterocycles. The van der Waals surface area contributed by atoms with E-state index in [0.29, 0.717) is 0 Å². The highest BCUT2D eigenvalue weighted by molar-refractivity contribution is 5.24. The molecule has 1 nitrogen and oxygen atoms in total. The van der Waals surface area contributed by atoms with Gasteiger partial charge in [0.15, 0.2) is 0 Å². The van der Waals surface area contributed by atoms with Crippen LogP contribution in [-0.4, -0.2) is 6.54 Å². The molecule has 2 heteroatoms. The van der Waals surface area contributed by atoms with Crippen LogP contribution >= 0.6 is 0 Å². The summed E-state index contributed by atoms with van der Waals surface area (Å²) in [6, 6.07) is 6.88. The Balaban J connectivity index is 2.99. The summed E-state index contributed by atoms with van der Waals surface area (Å²) < 4.78 is 13.4. The van der Waals surface area contributed by atoms with E-state index in [2.05, 4.69) is 5.32 Å². The van der Waals surface area contributed by atoms with Gasteiger partial charge < -0.3 is 5.32 Å². The van der Waals surface area contributed by atoms with Gasteiger partial charge in [0.05, 0.1) is 0 Å². The lowest BCUT2D eigenvalue weighted by molar-refractivity contribution is 0.396. The first kappa shape index (κ1) is 10.2. The minimum atomic E-state index is -0.292. The van der Waals surface area contributed by atoms with Crippen molar-refractivity contribution in [3.8, 4) is 0 Å². The van der Waals surface area contributed by atoms with Crippen LogP contribution in [0.5, 0.6) is 0 Å². The van der Waals surface area contributed by atoms with Gasteiger partial charge >= 0.3 is 0 Å². The highest BCUT2D eigenvalue weighted by Crippen LogP contribution is 2.22. The second-order valence-corrected chi connectivity index (χ2v) is 3.64. The van der Waals surface area contributed by atoms with Crippen molar-refractivity contribution in [3.05, 3.63) is 35.6 Å². The number of rotatable bonds is 3. The average molecular weight is 181 g/mol. The molecule has 0 spiro atoms. The summed E-state index contributed by atoms with van der Waals surface area (Å²) in [5.41, 5.74) is 0.428. The Hall–Kier alpha value is -0.890. The summed E-state index contributed by atoms with van der Waals surface area (Å²) in [5.74, 6) is -0.145. The van der Waals surface area contributed by atoms with Gasteiger partial charge in [-0.25, -0.2) is 4.39 Å². The number of hydrogen-bond donors (Lipinski definition) is 1. The van der Waals surface area contributed by atoms with Gasteiger partial charge in [-0.05, 0) is 26.5 Å². The molecule has 0 atom stereocenters. The maximum absolute atomic E-state index is 13.4. The lowest BCUT2D eigenvalue weighted by Gasteiger charge is -2.26. The Morgan fingerprint density at radius 3 is 2.46 bits per heavy atom. The first-order chi connectivity index (χ1) is 6.08. The molecule has 0 radical (unpaired) electrons. The minimum Gasteiger partial charge on any atom is -0.308 e. The number of nitrogens with one attached hydrogen (secondary N) is 1. The Morgan fingerprint density at radius 1 is 1.31 bits per heavy atom. The molecule has 1 rings (SSSR count). The minimum absolute atomic E-state index is 0.145. The van der Waals surface area contributed by atoms with Gasteiger partial charge in [-0.1, -0.05) is 25.1 Å². The average Bonchev–Trinajstić information content (AvgIpc) is 2.04. The molecule has 1 aromatic rings. The molecule has 0 aromatic heterocycles. The summed E-state index contributed by atoms with van der Waals surface area (Å²) in [4.78, 5) is 0. The summed E-state index contributed by atoms with van der Waals surface area (Å²) in [7, 11) is 0. The van der Waals surface area contributed by atoms with Crippen LogP contribution in [0.2, 0.25) is 0 Å². The smallest absolute Gasteiger partial charge is 0.128 e. The van der Waals surface area contributed by atoms with Crippen molar-refractivity contribution in [1.29, 1.82) is 0 Å². The third kappa shape index (κ3) is 2.28. The second-order valence-electron chi connectivity index (χ2n) is 3.64. The molecule has 0 aliphatic rings. The van der Waals surface area contributed by atoms with Crippen LogP contribution in [0, 0.1) is 5.82 Å². The Kier molecular flexibility index (Phi) is 3.04. The molecule has 0 saturated heterocycles. The summed E-state index contributed by atoms with van der Waals surface area (Å²) in [5, 5.41) is 3.24. The molecule has 0 bridgehead atoms. The van der Waals surface area contributed by atoms with E-state index in [1.54, 1.807) is 6.07 Å². The van der Waals surface area contributed by atoms with E-state index in [1.807, 2.05) is 32.9 Å². The third-order valence-corrected chi connectivity index (χ3v) is 2.17. The van der Waals surface area contributed by atoms with Crippen molar-refractivity contribution >= 4 is 0 Å². The van der Waals surface area contributed by atoms with Gasteiger partial charge in [0, 0.05) is 11.1 Å². The topological polar surface area (TPSA) is 12.0 Å². The summed E-state index contributed by atoms with van der Waals surface area (Å²) in [6.45, 7) is 6.81. The predicted octanol–water partition coefficient (Wildman–Crippen LogP) is 2.67. The fourth-order valence-corrected chi connectivity index (χ4v) is 1.51. The van der Waals surface area contributed by atoms with E-state index in [-0.39, 0.29) is 11.4 Å². The van der Waals surface area contributed by atoms with Crippen molar-refractivity contribution in [3.63, 3.8) is 0 Å². The van der Waals surface area contributed by atoms with E-state index < -0.39 is 0 Å². The van der Waals surface area contributed by atoms with Crippen molar-refractivity contribution in [2.45, 2.75) is 26.3 Å². The molecule has 0 heterocycles. The van der Waals surface area contributed by atoms with E-state index in [9.17, 15) is 4.39 Å². The van der Waals surface area contributed by atoms with Crippen LogP contribution in [0.1, 0.15) is 26.3 Å². The molecule has 1 N–H and O–H groups in total. The largest absolute Gasteiger partial charge is 0.308 e. The van der Waals surface area contributed by atoms with Gasteiger partial charge in [-0.2, -0.15) is 0 Å². The third-order valence-electron chi connectivity index (χ3n) is 2.17. The monoisotopic (exact) mass is 181 g/mol. The fourth-order valence-electron chi connectivity index (χ4n) is 1.51. The van der Waals surface area contributed by atoms with E-state index >= 15 is 0 Å². The van der Waals surface area contributed by atoms with Crippen LogP contribution in [0.15, 0.2) is 24.3 Å². The lowest BCUT2D eigenvalue weighted by Crippen LogP contribution is -2.36. The zero-order valence-corrected chi connectivity index (χ0v) is 8.39. The Morgan fingerprint density at radius 2 is 1.92 bits per heavy atom. The van der Waals surface area contributed by atoms with Crippen LogP contribution in [0.25, 0.3) is 0 Å². The molecule has 0 unspecified atom stereocenters. The first-order valence-corrected chi connectivity index (χ1v) is 4.58. The Labute approximate surface area is 79.0 Å². The van der Waals surface area contributed by atoms with Crippen molar-refractivity contribution in [2.24, 2.45) is 0 Å². The molecule has 72 valence electrons. The van der Waals surface area contributed by atoms with Gasteiger partial charge in [0.2, 0.25) is 0 Å². The van der Waals surface area contributed by atoms with E-state index in [1.165, 1.54) is 6.07 Å². The molecule has 1 aromatic carbocycles. The summed E-state index contributed by atoms with van der Waals surface area (Å²) in [6.07, 6.45) is 0. The molecule has 0 amide bonds. The predicted molar refractivity (Wildman–Crippen MR) is 53.1 cm³/mol. The van der Waals surface area contributed by atoms with Crippen LogP contribution < -0.4 is 5.32 Å². The fraction of sp³-hybridized carbons (Fsp3) is 0.455. The van der Waals surface area contributed by atoms with Crippen LogP contribution in [-0.2, 0) is 5.54 Å². The maximum atomic E-state index is 13.4. The molecule has 0 fully saturated rings. The molecule has 0 aliphatic carbocycles. The molecular weight excluding hydrogens is 165 g/mol. The number of benzene rings is 1. The highest BCUT2D eigenvalue weighted by Gasteiger charge is 2.21. The van der Waals surface area contributed by atoms with Gasteiger partial charge in [-0.15, -0.1) is 0 Å². The molecule has 13 heavy (non-hydrogen) atoms. The van der Waals surface area contributed by atoms with E-state index in [4.69, 9.17) is 0 Å². The Bertz CT molecular complexity index is 281. The highest BCUT2D eigenvalue weighted by atomic mass is 19.1.